The highest BCUT2D eigenvalue weighted by Crippen LogP contribution is 2.27. The maximum absolute atomic E-state index is 12.4. The van der Waals surface area contributed by atoms with Gasteiger partial charge in [-0.25, -0.2) is 0 Å². The molecule has 2 N–H and O–H groups in total. The zero-order valence-corrected chi connectivity index (χ0v) is 11.4. The van der Waals surface area contributed by atoms with Gasteiger partial charge in [-0.15, -0.1) is 0 Å². The van der Waals surface area contributed by atoms with Gasteiger partial charge in [-0.1, -0.05) is 13.8 Å². The number of hydrogen-bond donors (Lipinski definition) is 2. The van der Waals surface area contributed by atoms with E-state index in [1.807, 2.05) is 13.8 Å². The van der Waals surface area contributed by atoms with Crippen LogP contribution in [0.15, 0.2) is 12.3 Å². The van der Waals surface area contributed by atoms with Gasteiger partial charge in [0.2, 0.25) is 5.91 Å². The second-order valence-electron chi connectivity index (χ2n) is 4.59. The molecule has 0 bridgehead atoms. The molecule has 0 fully saturated rings. The Morgan fingerprint density at radius 2 is 2.00 bits per heavy atom. The van der Waals surface area contributed by atoms with Gasteiger partial charge in [-0.2, -0.15) is 18.3 Å². The molecular formula is C12H18F3N3O2. The number of rotatable bonds is 6. The molecule has 0 aliphatic heterocycles. The first-order valence-corrected chi connectivity index (χ1v) is 6.29. The van der Waals surface area contributed by atoms with Crippen LogP contribution < -0.4 is 5.32 Å². The minimum atomic E-state index is -4.52. The van der Waals surface area contributed by atoms with Crippen molar-refractivity contribution in [1.82, 2.24) is 15.1 Å². The molecule has 0 aliphatic carbocycles. The maximum atomic E-state index is 12.4. The zero-order chi connectivity index (χ0) is 15.4. The summed E-state index contributed by atoms with van der Waals surface area (Å²) in [7, 11) is 0. The topological polar surface area (TPSA) is 67.2 Å². The van der Waals surface area contributed by atoms with Gasteiger partial charge >= 0.3 is 6.18 Å². The first-order valence-electron chi connectivity index (χ1n) is 6.29. The third kappa shape index (κ3) is 3.96. The second kappa shape index (κ2) is 6.25. The molecule has 0 saturated carbocycles. The number of halogens is 3. The fourth-order valence-electron chi connectivity index (χ4n) is 1.77. The van der Waals surface area contributed by atoms with Crippen LogP contribution in [0.5, 0.6) is 0 Å². The van der Waals surface area contributed by atoms with Crippen LogP contribution >= 0.6 is 0 Å². The van der Waals surface area contributed by atoms with Gasteiger partial charge in [0.05, 0.1) is 12.1 Å². The highest BCUT2D eigenvalue weighted by atomic mass is 19.4. The molecule has 0 saturated heterocycles. The first-order chi connectivity index (χ1) is 9.26. The standard InChI is InChI=1S/C12H18F3N3O2/c1-3-11(4-2,8-19)16-10(20)7-18-6-5-9(17-18)12(13,14)15/h5-6,19H,3-4,7-8H2,1-2H3,(H,16,20). The van der Waals surface area contributed by atoms with Gasteiger partial charge in [0.1, 0.15) is 6.54 Å². The molecule has 1 aromatic rings. The Morgan fingerprint density at radius 1 is 1.40 bits per heavy atom. The van der Waals surface area contributed by atoms with Crippen LogP contribution in [0.3, 0.4) is 0 Å². The van der Waals surface area contributed by atoms with E-state index >= 15 is 0 Å². The number of aromatic nitrogens is 2. The summed E-state index contributed by atoms with van der Waals surface area (Å²) in [6.45, 7) is 3.09. The minimum absolute atomic E-state index is 0.224. The Bertz CT molecular complexity index is 445. The molecular weight excluding hydrogens is 275 g/mol. The summed E-state index contributed by atoms with van der Waals surface area (Å²) in [5.74, 6) is -0.487. The molecule has 20 heavy (non-hydrogen) atoms. The Kier molecular flexibility index (Phi) is 5.15. The molecule has 1 aromatic heterocycles. The lowest BCUT2D eigenvalue weighted by atomic mass is 9.94. The summed E-state index contributed by atoms with van der Waals surface area (Å²) >= 11 is 0. The molecule has 1 amide bonds. The van der Waals surface area contributed by atoms with E-state index in [-0.39, 0.29) is 13.2 Å². The van der Waals surface area contributed by atoms with Crippen LogP contribution in [-0.4, -0.2) is 32.9 Å². The molecule has 1 rings (SSSR count). The largest absolute Gasteiger partial charge is 0.435 e. The summed E-state index contributed by atoms with van der Waals surface area (Å²) in [6, 6.07) is 0.812. The predicted molar refractivity (Wildman–Crippen MR) is 65.8 cm³/mol. The summed E-state index contributed by atoms with van der Waals surface area (Å²) in [5, 5.41) is 15.3. The molecule has 114 valence electrons. The number of nitrogens with one attached hydrogen (secondary N) is 1. The van der Waals surface area contributed by atoms with E-state index in [0.29, 0.717) is 12.8 Å². The summed E-state index contributed by atoms with van der Waals surface area (Å²) in [6.07, 6.45) is -2.37. The van der Waals surface area contributed by atoms with E-state index in [9.17, 15) is 23.1 Å². The van der Waals surface area contributed by atoms with Crippen molar-refractivity contribution in [3.8, 4) is 0 Å². The van der Waals surface area contributed by atoms with E-state index in [1.54, 1.807) is 0 Å². The van der Waals surface area contributed by atoms with Crippen molar-refractivity contribution in [1.29, 1.82) is 0 Å². The van der Waals surface area contributed by atoms with Gasteiger partial charge < -0.3 is 10.4 Å². The number of carbonyl (C=O) groups is 1. The predicted octanol–water partition coefficient (Wildman–Crippen LogP) is 1.57. The fourth-order valence-corrected chi connectivity index (χ4v) is 1.77. The summed E-state index contributed by atoms with van der Waals surface area (Å²) in [4.78, 5) is 11.8. The van der Waals surface area contributed by atoms with Crippen LogP contribution in [-0.2, 0) is 17.5 Å². The van der Waals surface area contributed by atoms with Crippen molar-refractivity contribution in [2.75, 3.05) is 6.61 Å². The molecule has 5 nitrogen and oxygen atoms in total. The van der Waals surface area contributed by atoms with Crippen molar-refractivity contribution < 1.29 is 23.1 Å². The fraction of sp³-hybridized carbons (Fsp3) is 0.667. The molecule has 1 heterocycles. The molecule has 0 radical (unpaired) electrons. The van der Waals surface area contributed by atoms with Crippen LogP contribution in [0.2, 0.25) is 0 Å². The lowest BCUT2D eigenvalue weighted by Gasteiger charge is -2.30. The van der Waals surface area contributed by atoms with Gasteiger partial charge in [0.15, 0.2) is 5.69 Å². The second-order valence-corrected chi connectivity index (χ2v) is 4.59. The molecule has 0 aliphatic rings. The number of aliphatic hydroxyl groups excluding tert-OH is 1. The quantitative estimate of drug-likeness (QED) is 0.836. The highest BCUT2D eigenvalue weighted by molar-refractivity contribution is 5.76. The number of amides is 1. The monoisotopic (exact) mass is 293 g/mol. The average Bonchev–Trinajstić information content (AvgIpc) is 2.84. The van der Waals surface area contributed by atoms with E-state index < -0.39 is 23.3 Å². The van der Waals surface area contributed by atoms with E-state index in [2.05, 4.69) is 10.4 Å². The van der Waals surface area contributed by atoms with Crippen molar-refractivity contribution in [2.24, 2.45) is 0 Å². The minimum Gasteiger partial charge on any atom is -0.394 e. The molecule has 0 unspecified atom stereocenters. The van der Waals surface area contributed by atoms with Crippen LogP contribution in [0.25, 0.3) is 0 Å². The highest BCUT2D eigenvalue weighted by Gasteiger charge is 2.34. The van der Waals surface area contributed by atoms with Crippen molar-refractivity contribution in [3.05, 3.63) is 18.0 Å². The van der Waals surface area contributed by atoms with E-state index in [1.165, 1.54) is 0 Å². The van der Waals surface area contributed by atoms with Crippen molar-refractivity contribution in [3.63, 3.8) is 0 Å². The third-order valence-electron chi connectivity index (χ3n) is 3.30. The van der Waals surface area contributed by atoms with Crippen molar-refractivity contribution >= 4 is 5.91 Å². The van der Waals surface area contributed by atoms with Gasteiger partial charge in [0, 0.05) is 6.20 Å². The normalized spacial score (nSPS) is 12.5. The number of nitrogens with zero attached hydrogens (tertiary/aromatic N) is 2. The van der Waals surface area contributed by atoms with E-state index in [0.717, 1.165) is 16.9 Å². The third-order valence-corrected chi connectivity index (χ3v) is 3.30. The molecule has 0 spiro atoms. The van der Waals surface area contributed by atoms with Crippen molar-refractivity contribution in [2.45, 2.75) is 44.9 Å². The molecule has 8 heteroatoms. The van der Waals surface area contributed by atoms with E-state index in [4.69, 9.17) is 0 Å². The van der Waals surface area contributed by atoms with Gasteiger partial charge in [0.25, 0.3) is 0 Å². The molecule has 0 aromatic carbocycles. The number of alkyl halides is 3. The van der Waals surface area contributed by atoms with Crippen LogP contribution in [0.4, 0.5) is 13.2 Å². The maximum Gasteiger partial charge on any atom is 0.435 e. The lowest BCUT2D eigenvalue weighted by molar-refractivity contribution is -0.141. The molecule has 0 atom stereocenters. The van der Waals surface area contributed by atoms with Crippen LogP contribution in [0.1, 0.15) is 32.4 Å². The Labute approximate surface area is 114 Å². The summed E-state index contributed by atoms with van der Waals surface area (Å²) in [5.41, 5.74) is -1.78. The number of aliphatic hydroxyl groups is 1. The average molecular weight is 293 g/mol. The van der Waals surface area contributed by atoms with Crippen LogP contribution in [0, 0.1) is 0 Å². The van der Waals surface area contributed by atoms with Gasteiger partial charge in [-0.3, -0.25) is 9.48 Å². The number of carbonyl (C=O) groups excluding carboxylic acids is 1. The van der Waals surface area contributed by atoms with Gasteiger partial charge in [-0.05, 0) is 18.9 Å². The Balaban J connectivity index is 2.69. The SMILES string of the molecule is CCC(CC)(CO)NC(=O)Cn1ccc(C(F)(F)F)n1. The smallest absolute Gasteiger partial charge is 0.394 e. The first kappa shape index (κ1) is 16.5. The Morgan fingerprint density at radius 3 is 2.40 bits per heavy atom. The summed E-state index contributed by atoms with van der Waals surface area (Å²) < 4.78 is 38.0. The Hall–Kier alpha value is -1.57. The number of hydrogen-bond acceptors (Lipinski definition) is 3. The lowest BCUT2D eigenvalue weighted by Crippen LogP contribution is -2.51. The zero-order valence-electron chi connectivity index (χ0n) is 11.4.